The van der Waals surface area contributed by atoms with E-state index in [0.717, 1.165) is 12.1 Å². The summed E-state index contributed by atoms with van der Waals surface area (Å²) in [4.78, 5) is 24.2. The number of ether oxygens (including phenoxy) is 2. The summed E-state index contributed by atoms with van der Waals surface area (Å²) in [6.45, 7) is 2.63. The first-order valence-corrected chi connectivity index (χ1v) is 11.6. The van der Waals surface area contributed by atoms with Crippen LogP contribution in [0.2, 0.25) is 0 Å². The molecule has 0 radical (unpaired) electrons. The van der Waals surface area contributed by atoms with Gasteiger partial charge >= 0.3 is 5.97 Å². The normalized spacial score (nSPS) is 10.7. The third kappa shape index (κ3) is 7.43. The van der Waals surface area contributed by atoms with Crippen molar-refractivity contribution in [2.24, 2.45) is 5.73 Å². The molecule has 0 unspecified atom stereocenters. The Morgan fingerprint density at radius 3 is 2.42 bits per heavy atom. The molecule has 0 aliphatic carbocycles. The van der Waals surface area contributed by atoms with Gasteiger partial charge in [-0.05, 0) is 74.0 Å². The third-order valence-electron chi connectivity index (χ3n) is 5.23. The summed E-state index contributed by atoms with van der Waals surface area (Å²) in [6.07, 6.45) is -0.264. The molecule has 7 N–H and O–H groups in total. The van der Waals surface area contributed by atoms with Crippen LogP contribution >= 0.6 is 0 Å². The molecule has 38 heavy (non-hydrogen) atoms. The molecule has 1 amide bonds. The fourth-order valence-electron chi connectivity index (χ4n) is 3.57. The molecule has 10 nitrogen and oxygen atoms in total. The average Bonchev–Trinajstić information content (AvgIpc) is 2.86. The number of carbonyl (C=O) groups is 2. The standard InChI is InChI=1S/C27H29FN4O6/c1-15(2)38-23-10-16(13-33)9-18(25(23)37-14-24(34)35)12-31-22-11-19(28)5-8-21(22)27(36)32-20-6-3-17(4-7-20)26(29)30/h3-11,15,31,33H,12-14H2,1-2H3,(H3,29,30)(H,32,36)(H,34,35). The molecule has 0 saturated heterocycles. The number of rotatable bonds is 12. The number of amides is 1. The Labute approximate surface area is 218 Å². The third-order valence-corrected chi connectivity index (χ3v) is 5.23. The molecule has 0 heterocycles. The number of nitrogen functional groups attached to an aromatic ring is 1. The van der Waals surface area contributed by atoms with E-state index in [1.807, 2.05) is 0 Å². The van der Waals surface area contributed by atoms with E-state index < -0.39 is 24.3 Å². The van der Waals surface area contributed by atoms with E-state index in [1.165, 1.54) is 6.07 Å². The molecule has 3 aromatic carbocycles. The number of benzene rings is 3. The summed E-state index contributed by atoms with van der Waals surface area (Å²) in [5.74, 6) is -1.99. The SMILES string of the molecule is CC(C)Oc1cc(CO)cc(CNc2cc(F)ccc2C(=O)Nc2ccc(C(=N)N)cc2)c1OCC(=O)O. The Morgan fingerprint density at radius 2 is 1.82 bits per heavy atom. The molecular weight excluding hydrogens is 495 g/mol. The number of nitrogens with two attached hydrogens (primary N) is 1. The van der Waals surface area contributed by atoms with E-state index in [1.54, 1.807) is 50.2 Å². The smallest absolute Gasteiger partial charge is 0.341 e. The number of carbonyl (C=O) groups excluding carboxylic acids is 1. The molecule has 0 saturated carbocycles. The second-order valence-electron chi connectivity index (χ2n) is 8.58. The Bertz CT molecular complexity index is 1330. The van der Waals surface area contributed by atoms with E-state index in [9.17, 15) is 19.1 Å². The van der Waals surface area contributed by atoms with Crippen LogP contribution in [0.4, 0.5) is 15.8 Å². The molecule has 11 heteroatoms. The summed E-state index contributed by atoms with van der Waals surface area (Å²) < 4.78 is 25.4. The van der Waals surface area contributed by atoms with E-state index in [-0.39, 0.29) is 47.8 Å². The van der Waals surface area contributed by atoms with E-state index >= 15 is 0 Å². The highest BCUT2D eigenvalue weighted by atomic mass is 19.1. The maximum atomic E-state index is 14.2. The lowest BCUT2D eigenvalue weighted by molar-refractivity contribution is -0.139. The minimum absolute atomic E-state index is 0.00567. The van der Waals surface area contributed by atoms with Crippen molar-refractivity contribution in [2.45, 2.75) is 33.1 Å². The van der Waals surface area contributed by atoms with E-state index in [0.29, 0.717) is 22.4 Å². The van der Waals surface area contributed by atoms with Gasteiger partial charge in [0.25, 0.3) is 5.91 Å². The van der Waals surface area contributed by atoms with Crippen LogP contribution in [0, 0.1) is 11.2 Å². The number of hydrogen-bond donors (Lipinski definition) is 6. The zero-order valence-electron chi connectivity index (χ0n) is 20.9. The lowest BCUT2D eigenvalue weighted by Gasteiger charge is -2.20. The summed E-state index contributed by atoms with van der Waals surface area (Å²) in [7, 11) is 0. The van der Waals surface area contributed by atoms with Crippen LogP contribution in [-0.2, 0) is 17.9 Å². The van der Waals surface area contributed by atoms with Gasteiger partial charge in [0.05, 0.1) is 24.0 Å². The Kier molecular flexibility index (Phi) is 9.23. The maximum absolute atomic E-state index is 14.2. The highest BCUT2D eigenvalue weighted by Crippen LogP contribution is 2.35. The summed E-state index contributed by atoms with van der Waals surface area (Å²) in [6, 6.07) is 13.2. The van der Waals surface area contributed by atoms with Gasteiger partial charge in [-0.3, -0.25) is 10.2 Å². The average molecular weight is 525 g/mol. The first-order chi connectivity index (χ1) is 18.1. The van der Waals surface area contributed by atoms with Crippen molar-refractivity contribution in [1.82, 2.24) is 0 Å². The van der Waals surface area contributed by atoms with Crippen LogP contribution in [0.5, 0.6) is 11.5 Å². The van der Waals surface area contributed by atoms with Gasteiger partial charge in [0, 0.05) is 23.4 Å². The number of aliphatic hydroxyl groups is 1. The second-order valence-corrected chi connectivity index (χ2v) is 8.58. The maximum Gasteiger partial charge on any atom is 0.341 e. The van der Waals surface area contributed by atoms with Gasteiger partial charge in [0.2, 0.25) is 0 Å². The van der Waals surface area contributed by atoms with Crippen LogP contribution in [0.3, 0.4) is 0 Å². The van der Waals surface area contributed by atoms with Crippen molar-refractivity contribution >= 4 is 29.1 Å². The minimum atomic E-state index is -1.19. The molecule has 0 spiro atoms. The van der Waals surface area contributed by atoms with Gasteiger partial charge in [-0.1, -0.05) is 0 Å². The molecule has 0 aliphatic rings. The number of aliphatic hydroxyl groups excluding tert-OH is 1. The van der Waals surface area contributed by atoms with Gasteiger partial charge < -0.3 is 36.1 Å². The molecule has 0 atom stereocenters. The highest BCUT2D eigenvalue weighted by molar-refractivity contribution is 6.08. The van der Waals surface area contributed by atoms with Crippen LogP contribution in [0.15, 0.2) is 54.6 Å². The Balaban J connectivity index is 1.90. The number of nitrogens with one attached hydrogen (secondary N) is 3. The molecule has 0 aromatic heterocycles. The topological polar surface area (TPSA) is 167 Å². The Hall–Kier alpha value is -4.64. The molecular formula is C27H29FN4O6. The molecule has 0 aliphatic heterocycles. The van der Waals surface area contributed by atoms with Crippen LogP contribution < -0.4 is 25.8 Å². The number of anilines is 2. The van der Waals surface area contributed by atoms with Crippen molar-refractivity contribution in [2.75, 3.05) is 17.2 Å². The first-order valence-electron chi connectivity index (χ1n) is 11.6. The van der Waals surface area contributed by atoms with Gasteiger partial charge in [-0.15, -0.1) is 0 Å². The van der Waals surface area contributed by atoms with Crippen LogP contribution in [-0.4, -0.2) is 40.6 Å². The lowest BCUT2D eigenvalue weighted by atomic mass is 10.1. The first kappa shape index (κ1) is 27.9. The predicted molar refractivity (Wildman–Crippen MR) is 140 cm³/mol. The van der Waals surface area contributed by atoms with Gasteiger partial charge in [-0.2, -0.15) is 0 Å². The number of carboxylic acid groups (broad SMARTS) is 1. The quantitative estimate of drug-likeness (QED) is 0.154. The van der Waals surface area contributed by atoms with E-state index in [2.05, 4.69) is 10.6 Å². The van der Waals surface area contributed by atoms with Gasteiger partial charge in [0.15, 0.2) is 18.1 Å². The van der Waals surface area contributed by atoms with Crippen molar-refractivity contribution < 1.29 is 33.7 Å². The molecule has 0 fully saturated rings. The monoisotopic (exact) mass is 524 g/mol. The number of carboxylic acids is 1. The fraction of sp³-hybridized carbons (Fsp3) is 0.222. The van der Waals surface area contributed by atoms with Gasteiger partial charge in [0.1, 0.15) is 11.7 Å². The summed E-state index contributed by atoms with van der Waals surface area (Å²) >= 11 is 0. The van der Waals surface area contributed by atoms with Crippen LogP contribution in [0.1, 0.15) is 40.9 Å². The van der Waals surface area contributed by atoms with Crippen molar-refractivity contribution in [3.63, 3.8) is 0 Å². The minimum Gasteiger partial charge on any atom is -0.487 e. The van der Waals surface area contributed by atoms with Crippen molar-refractivity contribution in [3.05, 3.63) is 82.7 Å². The summed E-state index contributed by atoms with van der Waals surface area (Å²) in [5, 5.41) is 32.0. The molecule has 3 aromatic rings. The zero-order chi connectivity index (χ0) is 27.8. The molecule has 0 bridgehead atoms. The van der Waals surface area contributed by atoms with Gasteiger partial charge in [-0.25, -0.2) is 9.18 Å². The fourth-order valence-corrected chi connectivity index (χ4v) is 3.57. The molecule has 200 valence electrons. The van der Waals surface area contributed by atoms with Crippen molar-refractivity contribution in [3.8, 4) is 11.5 Å². The highest BCUT2D eigenvalue weighted by Gasteiger charge is 2.18. The van der Waals surface area contributed by atoms with E-state index in [4.69, 9.17) is 25.7 Å². The lowest BCUT2D eigenvalue weighted by Crippen LogP contribution is -2.17. The van der Waals surface area contributed by atoms with Crippen molar-refractivity contribution in [1.29, 1.82) is 5.41 Å². The second kappa shape index (κ2) is 12.5. The Morgan fingerprint density at radius 1 is 1.11 bits per heavy atom. The number of aliphatic carboxylic acids is 1. The predicted octanol–water partition coefficient (Wildman–Crippen LogP) is 3.72. The number of hydrogen-bond acceptors (Lipinski definition) is 7. The number of halogens is 1. The number of amidine groups is 1. The molecule has 3 rings (SSSR count). The summed E-state index contributed by atoms with van der Waals surface area (Å²) in [5.41, 5.74) is 7.65. The largest absolute Gasteiger partial charge is 0.487 e. The zero-order valence-corrected chi connectivity index (χ0v) is 20.9. The van der Waals surface area contributed by atoms with Crippen LogP contribution in [0.25, 0.3) is 0 Å².